The first-order valence-electron chi connectivity index (χ1n) is 8.02. The Morgan fingerprint density at radius 2 is 1.96 bits per heavy atom. The molecule has 2 heterocycles. The van der Waals surface area contributed by atoms with Gasteiger partial charge < -0.3 is 10.1 Å². The molecule has 0 unspecified atom stereocenters. The second-order valence-electron chi connectivity index (χ2n) is 5.94. The lowest BCUT2D eigenvalue weighted by molar-refractivity contribution is -0.124. The lowest BCUT2D eigenvalue weighted by Crippen LogP contribution is -2.40. The van der Waals surface area contributed by atoms with Gasteiger partial charge in [-0.2, -0.15) is 4.31 Å². The van der Waals surface area contributed by atoms with Crippen molar-refractivity contribution in [2.24, 2.45) is 5.92 Å². The molecule has 0 aromatic carbocycles. The summed E-state index contributed by atoms with van der Waals surface area (Å²) in [6.45, 7) is 2.07. The zero-order chi connectivity index (χ0) is 16.3. The van der Waals surface area contributed by atoms with Crippen molar-refractivity contribution in [1.29, 1.82) is 0 Å². The molecule has 8 heteroatoms. The van der Waals surface area contributed by atoms with Crippen LogP contribution >= 0.6 is 11.3 Å². The van der Waals surface area contributed by atoms with Gasteiger partial charge in [-0.05, 0) is 25.0 Å². The zero-order valence-electron chi connectivity index (χ0n) is 13.0. The van der Waals surface area contributed by atoms with E-state index < -0.39 is 10.0 Å². The van der Waals surface area contributed by atoms with Gasteiger partial charge in [0.15, 0.2) is 0 Å². The van der Waals surface area contributed by atoms with Crippen LogP contribution in [-0.4, -0.2) is 44.9 Å². The number of amides is 1. The van der Waals surface area contributed by atoms with Crippen LogP contribution in [0.25, 0.3) is 0 Å². The molecule has 3 rings (SSSR count). The second-order valence-corrected chi connectivity index (χ2v) is 9.27. The van der Waals surface area contributed by atoms with Crippen molar-refractivity contribution >= 4 is 27.3 Å². The van der Waals surface area contributed by atoms with E-state index in [0.29, 0.717) is 37.1 Å². The highest BCUT2D eigenvalue weighted by Gasteiger charge is 2.28. The molecule has 2 fully saturated rings. The van der Waals surface area contributed by atoms with E-state index >= 15 is 0 Å². The van der Waals surface area contributed by atoms with Crippen molar-refractivity contribution in [2.75, 3.05) is 26.3 Å². The minimum Gasteiger partial charge on any atom is -0.379 e. The average molecular weight is 358 g/mol. The lowest BCUT2D eigenvalue weighted by atomic mass is 10.1. The van der Waals surface area contributed by atoms with Crippen LogP contribution < -0.4 is 5.32 Å². The van der Waals surface area contributed by atoms with Crippen LogP contribution in [0, 0.1) is 5.92 Å². The fraction of sp³-hybridized carbons (Fsp3) is 0.667. The molecule has 0 radical (unpaired) electrons. The third kappa shape index (κ3) is 3.93. The summed E-state index contributed by atoms with van der Waals surface area (Å²) in [5.74, 6) is 0.222. The van der Waals surface area contributed by atoms with Crippen molar-refractivity contribution in [2.45, 2.75) is 36.4 Å². The van der Waals surface area contributed by atoms with Crippen LogP contribution in [-0.2, 0) is 26.1 Å². The molecule has 1 aromatic heterocycles. The van der Waals surface area contributed by atoms with Gasteiger partial charge in [0.2, 0.25) is 5.91 Å². The number of hydrogen-bond donors (Lipinski definition) is 1. The van der Waals surface area contributed by atoms with Crippen molar-refractivity contribution in [3.8, 4) is 0 Å². The predicted octanol–water partition coefficient (Wildman–Crippen LogP) is 1.58. The summed E-state index contributed by atoms with van der Waals surface area (Å²) >= 11 is 1.23. The van der Waals surface area contributed by atoms with Gasteiger partial charge in [-0.15, -0.1) is 11.3 Å². The Morgan fingerprint density at radius 3 is 2.65 bits per heavy atom. The van der Waals surface area contributed by atoms with E-state index in [1.165, 1.54) is 15.6 Å². The van der Waals surface area contributed by atoms with Crippen LogP contribution in [0.3, 0.4) is 0 Å². The van der Waals surface area contributed by atoms with Gasteiger partial charge >= 0.3 is 0 Å². The van der Waals surface area contributed by atoms with Crippen LogP contribution in [0.5, 0.6) is 0 Å². The Bertz CT molecular complexity index is 644. The van der Waals surface area contributed by atoms with Crippen LogP contribution in [0.15, 0.2) is 16.3 Å². The van der Waals surface area contributed by atoms with E-state index in [1.54, 1.807) is 12.1 Å². The summed E-state index contributed by atoms with van der Waals surface area (Å²) in [7, 11) is -3.44. The molecule has 1 aliphatic carbocycles. The maximum atomic E-state index is 12.5. The summed E-state index contributed by atoms with van der Waals surface area (Å²) in [4.78, 5) is 12.9. The highest BCUT2D eigenvalue weighted by molar-refractivity contribution is 7.91. The van der Waals surface area contributed by atoms with Crippen molar-refractivity contribution in [3.63, 3.8) is 0 Å². The molecule has 1 saturated carbocycles. The van der Waals surface area contributed by atoms with E-state index in [9.17, 15) is 13.2 Å². The number of carbonyl (C=O) groups excluding carboxylic acids is 1. The maximum absolute atomic E-state index is 12.5. The maximum Gasteiger partial charge on any atom is 0.252 e. The van der Waals surface area contributed by atoms with E-state index in [1.807, 2.05) is 0 Å². The molecule has 0 atom stereocenters. The average Bonchev–Trinajstić information content (AvgIpc) is 3.25. The Hall–Kier alpha value is -0.960. The van der Waals surface area contributed by atoms with Gasteiger partial charge in [0.05, 0.1) is 19.8 Å². The number of morpholine rings is 1. The number of sulfonamides is 1. The molecule has 1 aromatic rings. The highest BCUT2D eigenvalue weighted by Crippen LogP contribution is 2.27. The van der Waals surface area contributed by atoms with Gasteiger partial charge in [-0.3, -0.25) is 4.79 Å². The highest BCUT2D eigenvalue weighted by atomic mass is 32.2. The fourth-order valence-electron chi connectivity index (χ4n) is 3.01. The summed E-state index contributed by atoms with van der Waals surface area (Å²) in [6, 6.07) is 3.42. The summed E-state index contributed by atoms with van der Waals surface area (Å²) < 4.78 is 32.1. The first-order chi connectivity index (χ1) is 11.1. The number of carbonyl (C=O) groups is 1. The van der Waals surface area contributed by atoms with Gasteiger partial charge in [0, 0.05) is 23.9 Å². The molecular weight excluding hydrogens is 336 g/mol. The second kappa shape index (κ2) is 7.29. The molecule has 1 N–H and O–H groups in total. The molecule has 23 heavy (non-hydrogen) atoms. The zero-order valence-corrected chi connectivity index (χ0v) is 14.6. The number of nitrogens with zero attached hydrogens (tertiary/aromatic N) is 1. The summed E-state index contributed by atoms with van der Waals surface area (Å²) in [5.41, 5.74) is 0. The molecule has 0 bridgehead atoms. The van der Waals surface area contributed by atoms with E-state index in [2.05, 4.69) is 5.32 Å². The van der Waals surface area contributed by atoms with Gasteiger partial charge in [0.25, 0.3) is 10.0 Å². The van der Waals surface area contributed by atoms with E-state index in [0.717, 1.165) is 30.6 Å². The van der Waals surface area contributed by atoms with E-state index in [4.69, 9.17) is 4.74 Å². The number of hydrogen-bond acceptors (Lipinski definition) is 5. The monoisotopic (exact) mass is 358 g/mol. The minimum absolute atomic E-state index is 0.0912. The van der Waals surface area contributed by atoms with E-state index in [-0.39, 0.29) is 11.8 Å². The number of rotatable bonds is 5. The standard InChI is InChI=1S/C15H22N2O4S2/c18-15(12-3-1-2-4-12)16-11-13-5-6-14(22-13)23(19,20)17-7-9-21-10-8-17/h5-6,12H,1-4,7-11H2,(H,16,18). The first-order valence-corrected chi connectivity index (χ1v) is 10.3. The Morgan fingerprint density at radius 1 is 1.26 bits per heavy atom. The smallest absolute Gasteiger partial charge is 0.252 e. The third-order valence-corrected chi connectivity index (χ3v) is 7.82. The fourth-order valence-corrected chi connectivity index (χ4v) is 5.87. The number of nitrogens with one attached hydrogen (secondary N) is 1. The van der Waals surface area contributed by atoms with Crippen molar-refractivity contribution in [3.05, 3.63) is 17.0 Å². The number of ether oxygens (including phenoxy) is 1. The minimum atomic E-state index is -3.44. The quantitative estimate of drug-likeness (QED) is 0.867. The summed E-state index contributed by atoms with van der Waals surface area (Å²) in [6.07, 6.45) is 4.18. The molecule has 0 spiro atoms. The van der Waals surface area contributed by atoms with Crippen LogP contribution in [0.2, 0.25) is 0 Å². The first kappa shape index (κ1) is 16.9. The van der Waals surface area contributed by atoms with Crippen molar-refractivity contribution in [1.82, 2.24) is 9.62 Å². The largest absolute Gasteiger partial charge is 0.379 e. The Balaban J connectivity index is 1.59. The molecule has 1 aliphatic heterocycles. The Labute approximate surface area is 140 Å². The van der Waals surface area contributed by atoms with Crippen LogP contribution in [0.1, 0.15) is 30.6 Å². The molecular formula is C15H22N2O4S2. The van der Waals surface area contributed by atoms with Crippen LogP contribution in [0.4, 0.5) is 0 Å². The molecule has 2 aliphatic rings. The normalized spacial score (nSPS) is 20.7. The Kier molecular flexibility index (Phi) is 5.35. The SMILES string of the molecule is O=C(NCc1ccc(S(=O)(=O)N2CCOCC2)s1)C1CCCC1. The molecule has 1 amide bonds. The molecule has 6 nitrogen and oxygen atoms in total. The predicted molar refractivity (Wildman–Crippen MR) is 87.7 cm³/mol. The molecule has 1 saturated heterocycles. The van der Waals surface area contributed by atoms with Crippen molar-refractivity contribution < 1.29 is 17.9 Å². The third-order valence-electron chi connectivity index (χ3n) is 4.36. The topological polar surface area (TPSA) is 75.7 Å². The van der Waals surface area contributed by atoms with Gasteiger partial charge in [0.1, 0.15) is 4.21 Å². The van der Waals surface area contributed by atoms with Gasteiger partial charge in [-0.1, -0.05) is 12.8 Å². The summed E-state index contributed by atoms with van der Waals surface area (Å²) in [5, 5.41) is 2.93. The van der Waals surface area contributed by atoms with Gasteiger partial charge in [-0.25, -0.2) is 8.42 Å². The lowest BCUT2D eigenvalue weighted by Gasteiger charge is -2.25. The molecule has 128 valence electrons. The number of thiophene rings is 1.